The van der Waals surface area contributed by atoms with E-state index in [-0.39, 0.29) is 31.9 Å². The van der Waals surface area contributed by atoms with Crippen LogP contribution in [0.2, 0.25) is 5.02 Å². The summed E-state index contributed by atoms with van der Waals surface area (Å²) in [6.45, 7) is 3.52. The molecule has 1 amide bonds. The fraction of sp³-hybridized carbons (Fsp3) is 0.200. The third kappa shape index (κ3) is 4.28. The number of ether oxygens (including phenoxy) is 2. The molecule has 8 nitrogen and oxygen atoms in total. The van der Waals surface area contributed by atoms with E-state index < -0.39 is 23.7 Å². The monoisotopic (exact) mass is 512 g/mol. The molecule has 1 aromatic heterocycles. The summed E-state index contributed by atoms with van der Waals surface area (Å²) >= 11 is 7.17. The Bertz CT molecular complexity index is 1380. The number of amides is 1. The number of carbonyl (C=O) groups is 3. The zero-order valence-electron chi connectivity index (χ0n) is 19.3. The van der Waals surface area contributed by atoms with Gasteiger partial charge in [-0.05, 0) is 37.6 Å². The Labute approximate surface area is 210 Å². The van der Waals surface area contributed by atoms with Gasteiger partial charge in [-0.15, -0.1) is 0 Å². The number of rotatable bonds is 5. The van der Waals surface area contributed by atoms with E-state index >= 15 is 0 Å². The SMILES string of the molecule is COC(=O)c1sc(N2C(=O)C(=O)/C(=C(/O)c3ccc(OC)c(Cl)c3)C2c2ccc(C)cc2)nc1C. The lowest BCUT2D eigenvalue weighted by Gasteiger charge is -2.23. The molecule has 3 aromatic rings. The number of aliphatic hydroxyl groups excluding tert-OH is 1. The molecule has 1 aliphatic heterocycles. The van der Waals surface area contributed by atoms with Gasteiger partial charge in [0.05, 0.1) is 36.6 Å². The van der Waals surface area contributed by atoms with Crippen molar-refractivity contribution in [2.24, 2.45) is 0 Å². The average Bonchev–Trinajstić information content (AvgIpc) is 3.35. The topological polar surface area (TPSA) is 106 Å². The van der Waals surface area contributed by atoms with Crippen molar-refractivity contribution in [2.75, 3.05) is 19.1 Å². The number of Topliss-reactive ketones (excluding diaryl/α,β-unsaturated/α-hetero) is 1. The number of aryl methyl sites for hydroxylation is 2. The number of anilines is 1. The first-order chi connectivity index (χ1) is 16.7. The van der Waals surface area contributed by atoms with Crippen LogP contribution in [0.4, 0.5) is 5.13 Å². The summed E-state index contributed by atoms with van der Waals surface area (Å²) < 4.78 is 9.96. The molecule has 2 heterocycles. The van der Waals surface area contributed by atoms with E-state index in [1.807, 2.05) is 19.1 Å². The molecule has 1 aliphatic rings. The molecule has 1 unspecified atom stereocenters. The van der Waals surface area contributed by atoms with Gasteiger partial charge in [0.25, 0.3) is 5.78 Å². The summed E-state index contributed by atoms with van der Waals surface area (Å²) in [5.41, 5.74) is 2.06. The molecule has 1 fully saturated rings. The largest absolute Gasteiger partial charge is 0.507 e. The summed E-state index contributed by atoms with van der Waals surface area (Å²) in [7, 11) is 2.71. The number of nitrogens with zero attached hydrogens (tertiary/aromatic N) is 2. The van der Waals surface area contributed by atoms with Gasteiger partial charge in [-0.1, -0.05) is 52.8 Å². The van der Waals surface area contributed by atoms with Gasteiger partial charge >= 0.3 is 11.9 Å². The second-order valence-corrected chi connectivity index (χ2v) is 9.22. The van der Waals surface area contributed by atoms with E-state index in [1.165, 1.54) is 25.2 Å². The summed E-state index contributed by atoms with van der Waals surface area (Å²) in [4.78, 5) is 44.5. The van der Waals surface area contributed by atoms with Gasteiger partial charge in [0.1, 0.15) is 16.4 Å². The number of esters is 1. The lowest BCUT2D eigenvalue weighted by atomic mass is 9.95. The predicted molar refractivity (Wildman–Crippen MR) is 132 cm³/mol. The lowest BCUT2D eigenvalue weighted by molar-refractivity contribution is -0.132. The average molecular weight is 513 g/mol. The van der Waals surface area contributed by atoms with Crippen molar-refractivity contribution in [3.63, 3.8) is 0 Å². The van der Waals surface area contributed by atoms with Gasteiger partial charge in [-0.25, -0.2) is 9.78 Å². The quantitative estimate of drug-likeness (QED) is 0.226. The molecule has 1 atom stereocenters. The standard InChI is InChI=1S/C25H21ClN2O6S/c1-12-5-7-14(8-6-12)19-18(20(29)15-9-10-17(33-3)16(26)11-15)21(30)23(31)28(19)25-27-13(2)22(35-25)24(32)34-4/h5-11,19,29H,1-4H3/b20-18+. The Hall–Kier alpha value is -3.69. The molecule has 0 radical (unpaired) electrons. The molecule has 0 bridgehead atoms. The second-order valence-electron chi connectivity index (χ2n) is 7.83. The Morgan fingerprint density at radius 1 is 1.11 bits per heavy atom. The number of aliphatic hydroxyl groups is 1. The zero-order chi connectivity index (χ0) is 25.4. The normalized spacial score (nSPS) is 17.1. The molecule has 0 saturated carbocycles. The van der Waals surface area contributed by atoms with Crippen molar-refractivity contribution in [2.45, 2.75) is 19.9 Å². The molecule has 10 heteroatoms. The van der Waals surface area contributed by atoms with Crippen molar-refractivity contribution in [1.29, 1.82) is 0 Å². The Morgan fingerprint density at radius 3 is 2.40 bits per heavy atom. The van der Waals surface area contributed by atoms with Gasteiger partial charge in [0.15, 0.2) is 5.13 Å². The fourth-order valence-corrected chi connectivity index (χ4v) is 5.10. The van der Waals surface area contributed by atoms with Crippen molar-refractivity contribution in [3.05, 3.63) is 80.3 Å². The van der Waals surface area contributed by atoms with Crippen molar-refractivity contribution in [3.8, 4) is 5.75 Å². The number of hydrogen-bond donors (Lipinski definition) is 1. The van der Waals surface area contributed by atoms with Gasteiger partial charge in [-0.3, -0.25) is 14.5 Å². The van der Waals surface area contributed by atoms with Crippen molar-refractivity contribution < 1.29 is 29.0 Å². The molecule has 180 valence electrons. The Kier molecular flexibility index (Phi) is 6.64. The highest BCUT2D eigenvalue weighted by Crippen LogP contribution is 2.44. The molecule has 1 saturated heterocycles. The highest BCUT2D eigenvalue weighted by Gasteiger charge is 2.48. The number of thiazole rings is 1. The number of ketones is 1. The Balaban J connectivity index is 1.93. The van der Waals surface area contributed by atoms with Gasteiger partial charge in [0.2, 0.25) is 0 Å². The number of aromatic nitrogens is 1. The maximum atomic E-state index is 13.3. The van der Waals surface area contributed by atoms with Crippen LogP contribution < -0.4 is 9.64 Å². The number of hydrogen-bond acceptors (Lipinski definition) is 8. The van der Waals surface area contributed by atoms with Crippen LogP contribution in [0.15, 0.2) is 48.0 Å². The summed E-state index contributed by atoms with van der Waals surface area (Å²) in [6.07, 6.45) is 0. The number of halogens is 1. The number of carbonyl (C=O) groups excluding carboxylic acids is 3. The minimum atomic E-state index is -0.979. The number of methoxy groups -OCH3 is 2. The van der Waals surface area contributed by atoms with Crippen LogP contribution in [0.25, 0.3) is 5.76 Å². The zero-order valence-corrected chi connectivity index (χ0v) is 20.9. The fourth-order valence-electron chi connectivity index (χ4n) is 3.83. The van der Waals surface area contributed by atoms with Gasteiger partial charge < -0.3 is 14.6 Å². The summed E-state index contributed by atoms with van der Waals surface area (Å²) in [5, 5.41) is 11.6. The first-order valence-electron chi connectivity index (χ1n) is 10.4. The third-order valence-electron chi connectivity index (χ3n) is 5.62. The maximum absolute atomic E-state index is 13.3. The van der Waals surface area contributed by atoms with E-state index in [4.69, 9.17) is 21.1 Å². The smallest absolute Gasteiger partial charge is 0.350 e. The van der Waals surface area contributed by atoms with Crippen LogP contribution >= 0.6 is 22.9 Å². The molecular weight excluding hydrogens is 492 g/mol. The molecule has 2 aromatic carbocycles. The summed E-state index contributed by atoms with van der Waals surface area (Å²) in [6, 6.07) is 10.8. The first kappa shape index (κ1) is 24.4. The van der Waals surface area contributed by atoms with Crippen LogP contribution in [0.1, 0.15) is 38.1 Å². The second kappa shape index (κ2) is 9.52. The van der Waals surface area contributed by atoms with Crippen LogP contribution in [0.3, 0.4) is 0 Å². The minimum Gasteiger partial charge on any atom is -0.507 e. The highest BCUT2D eigenvalue weighted by atomic mass is 35.5. The van der Waals surface area contributed by atoms with Gasteiger partial charge in [-0.2, -0.15) is 0 Å². The first-order valence-corrected chi connectivity index (χ1v) is 11.6. The molecule has 4 rings (SSSR count). The van der Waals surface area contributed by atoms with Crippen LogP contribution in [-0.4, -0.2) is 42.0 Å². The van der Waals surface area contributed by atoms with E-state index in [1.54, 1.807) is 31.2 Å². The highest BCUT2D eigenvalue weighted by molar-refractivity contribution is 7.17. The van der Waals surface area contributed by atoms with Crippen molar-refractivity contribution in [1.82, 2.24) is 4.98 Å². The lowest BCUT2D eigenvalue weighted by Crippen LogP contribution is -2.29. The maximum Gasteiger partial charge on any atom is 0.350 e. The van der Waals surface area contributed by atoms with E-state index in [0.29, 0.717) is 17.0 Å². The van der Waals surface area contributed by atoms with E-state index in [0.717, 1.165) is 16.9 Å². The molecule has 35 heavy (non-hydrogen) atoms. The van der Waals surface area contributed by atoms with Crippen LogP contribution in [-0.2, 0) is 14.3 Å². The molecule has 1 N–H and O–H groups in total. The molecule has 0 spiro atoms. The van der Waals surface area contributed by atoms with Gasteiger partial charge in [0, 0.05) is 5.56 Å². The molecular formula is C25H21ClN2O6S. The van der Waals surface area contributed by atoms with Crippen LogP contribution in [0, 0.1) is 13.8 Å². The molecule has 0 aliphatic carbocycles. The third-order valence-corrected chi connectivity index (χ3v) is 7.06. The summed E-state index contributed by atoms with van der Waals surface area (Å²) in [5.74, 6) is -2.34. The van der Waals surface area contributed by atoms with Crippen molar-refractivity contribution >= 4 is 51.5 Å². The van der Waals surface area contributed by atoms with E-state index in [9.17, 15) is 19.5 Å². The number of benzene rings is 2. The minimum absolute atomic E-state index is 0.118. The Morgan fingerprint density at radius 2 is 1.80 bits per heavy atom. The predicted octanol–water partition coefficient (Wildman–Crippen LogP) is 4.83. The van der Waals surface area contributed by atoms with E-state index in [2.05, 4.69) is 4.98 Å². The van der Waals surface area contributed by atoms with Crippen LogP contribution in [0.5, 0.6) is 5.75 Å².